The maximum Gasteiger partial charge on any atom is 0.294 e. The standard InChI is InChI=1S/C31H27N3O7S/c1-36-21-10-20(11-22(12-21)37-2)26(35)9-18-6-5-7-19(8-18)17-40-27-13-23(38-3)14-28-24(27)15-29(41-28)25-16-34-30(32-25)42-31(33-34)39-4/h5-8,10-16H,9,17H2,1-4H3. The molecule has 0 fully saturated rings. The van der Waals surface area contributed by atoms with Crippen LogP contribution in [0.25, 0.3) is 27.4 Å². The minimum Gasteiger partial charge on any atom is -0.497 e. The molecule has 42 heavy (non-hydrogen) atoms. The second-order valence-corrected chi connectivity index (χ2v) is 10.3. The van der Waals surface area contributed by atoms with Crippen molar-refractivity contribution >= 4 is 33.1 Å². The summed E-state index contributed by atoms with van der Waals surface area (Å²) >= 11 is 1.34. The van der Waals surface area contributed by atoms with Crippen LogP contribution in [0.3, 0.4) is 0 Å². The van der Waals surface area contributed by atoms with Gasteiger partial charge >= 0.3 is 0 Å². The van der Waals surface area contributed by atoms with Gasteiger partial charge in [-0.15, -0.1) is 5.10 Å². The number of carbonyl (C=O) groups excluding carboxylic acids is 1. The first-order valence-electron chi connectivity index (χ1n) is 13.0. The Hall–Kier alpha value is -5.03. The van der Waals surface area contributed by atoms with Gasteiger partial charge < -0.3 is 28.1 Å². The van der Waals surface area contributed by atoms with E-state index in [4.69, 9.17) is 28.1 Å². The average molecular weight is 586 g/mol. The number of imidazole rings is 1. The van der Waals surface area contributed by atoms with Gasteiger partial charge in [0, 0.05) is 30.2 Å². The van der Waals surface area contributed by atoms with Crippen molar-refractivity contribution in [2.45, 2.75) is 13.0 Å². The summed E-state index contributed by atoms with van der Waals surface area (Å²) in [6.45, 7) is 0.279. The highest BCUT2D eigenvalue weighted by Crippen LogP contribution is 2.37. The highest BCUT2D eigenvalue weighted by Gasteiger charge is 2.18. The van der Waals surface area contributed by atoms with E-state index in [0.29, 0.717) is 55.8 Å². The van der Waals surface area contributed by atoms with Gasteiger partial charge in [-0.05, 0) is 40.7 Å². The lowest BCUT2D eigenvalue weighted by atomic mass is 10.0. The second-order valence-electron chi connectivity index (χ2n) is 9.38. The molecule has 10 nitrogen and oxygen atoms in total. The highest BCUT2D eigenvalue weighted by atomic mass is 32.1. The van der Waals surface area contributed by atoms with Crippen LogP contribution in [0.2, 0.25) is 0 Å². The molecular weight excluding hydrogens is 558 g/mol. The largest absolute Gasteiger partial charge is 0.497 e. The number of aromatic nitrogens is 3. The molecule has 11 heteroatoms. The van der Waals surface area contributed by atoms with Crippen molar-refractivity contribution in [3.05, 3.63) is 83.6 Å². The molecule has 0 aliphatic rings. The van der Waals surface area contributed by atoms with Crippen LogP contribution in [0.4, 0.5) is 0 Å². The van der Waals surface area contributed by atoms with Gasteiger partial charge in [0.1, 0.15) is 40.9 Å². The molecule has 3 aromatic heterocycles. The summed E-state index contributed by atoms with van der Waals surface area (Å²) in [5.41, 5.74) is 3.56. The summed E-state index contributed by atoms with van der Waals surface area (Å²) in [6, 6.07) is 18.4. The number of Topliss-reactive ketones (excluding diaryl/α,β-unsaturated/α-hetero) is 1. The number of methoxy groups -OCH3 is 4. The minimum atomic E-state index is -0.0431. The van der Waals surface area contributed by atoms with Crippen LogP contribution in [0.5, 0.6) is 28.2 Å². The van der Waals surface area contributed by atoms with Gasteiger partial charge in [0.05, 0.1) is 40.0 Å². The number of carbonyl (C=O) groups is 1. The molecule has 0 bridgehead atoms. The van der Waals surface area contributed by atoms with E-state index in [1.807, 2.05) is 42.5 Å². The van der Waals surface area contributed by atoms with Gasteiger partial charge in [-0.1, -0.05) is 24.3 Å². The van der Waals surface area contributed by atoms with Gasteiger partial charge in [0.25, 0.3) is 5.19 Å². The molecule has 0 N–H and O–H groups in total. The Balaban J connectivity index is 1.22. The summed E-state index contributed by atoms with van der Waals surface area (Å²) in [4.78, 5) is 18.4. The first-order valence-corrected chi connectivity index (χ1v) is 13.8. The van der Waals surface area contributed by atoms with E-state index in [1.54, 1.807) is 57.4 Å². The average Bonchev–Trinajstić information content (AvgIpc) is 3.73. The van der Waals surface area contributed by atoms with E-state index >= 15 is 0 Å². The Bertz CT molecular complexity index is 1850. The van der Waals surface area contributed by atoms with Crippen molar-refractivity contribution < 1.29 is 32.9 Å². The third-order valence-corrected chi connectivity index (χ3v) is 7.57. The molecule has 0 saturated carbocycles. The number of fused-ring (bicyclic) bond motifs is 2. The van der Waals surface area contributed by atoms with E-state index < -0.39 is 0 Å². The molecule has 6 rings (SSSR count). The molecule has 0 unspecified atom stereocenters. The van der Waals surface area contributed by atoms with Crippen molar-refractivity contribution in [2.24, 2.45) is 0 Å². The molecule has 0 radical (unpaired) electrons. The quantitative estimate of drug-likeness (QED) is 0.163. The van der Waals surface area contributed by atoms with Gasteiger partial charge in [-0.2, -0.15) is 0 Å². The number of benzene rings is 3. The van der Waals surface area contributed by atoms with E-state index in [2.05, 4.69) is 10.1 Å². The molecule has 0 atom stereocenters. The van der Waals surface area contributed by atoms with Crippen molar-refractivity contribution in [1.82, 2.24) is 14.6 Å². The van der Waals surface area contributed by atoms with Crippen LogP contribution in [0.1, 0.15) is 21.5 Å². The number of ether oxygens (including phenoxy) is 5. The van der Waals surface area contributed by atoms with Crippen LogP contribution in [0, 0.1) is 0 Å². The lowest BCUT2D eigenvalue weighted by molar-refractivity contribution is 0.0992. The van der Waals surface area contributed by atoms with Crippen molar-refractivity contribution in [3.8, 4) is 39.6 Å². The summed E-state index contributed by atoms with van der Waals surface area (Å²) < 4.78 is 35.4. The number of nitrogens with zero attached hydrogens (tertiary/aromatic N) is 3. The fourth-order valence-corrected chi connectivity index (χ4v) is 5.28. The molecule has 0 aliphatic carbocycles. The molecular formula is C31H27N3O7S. The first-order chi connectivity index (χ1) is 20.5. The van der Waals surface area contributed by atoms with Crippen molar-refractivity contribution in [2.75, 3.05) is 28.4 Å². The summed E-state index contributed by atoms with van der Waals surface area (Å²) in [6.07, 6.45) is 2.01. The predicted molar refractivity (Wildman–Crippen MR) is 158 cm³/mol. The third kappa shape index (κ3) is 5.46. The molecule has 6 aromatic rings. The summed E-state index contributed by atoms with van der Waals surface area (Å²) in [7, 11) is 6.28. The smallest absolute Gasteiger partial charge is 0.294 e. The third-order valence-electron chi connectivity index (χ3n) is 6.68. The molecule has 214 valence electrons. The van der Waals surface area contributed by atoms with Crippen LogP contribution in [-0.4, -0.2) is 48.8 Å². The number of hydrogen-bond acceptors (Lipinski definition) is 10. The Morgan fingerprint density at radius 2 is 1.62 bits per heavy atom. The second kappa shape index (κ2) is 11.5. The number of ketones is 1. The zero-order valence-electron chi connectivity index (χ0n) is 23.4. The normalized spacial score (nSPS) is 11.1. The van der Waals surface area contributed by atoms with E-state index in [9.17, 15) is 4.79 Å². The Kier molecular flexibility index (Phi) is 7.41. The number of rotatable bonds is 11. The van der Waals surface area contributed by atoms with Gasteiger partial charge in [-0.3, -0.25) is 4.79 Å². The van der Waals surface area contributed by atoms with Crippen molar-refractivity contribution in [3.63, 3.8) is 0 Å². The molecule has 0 saturated heterocycles. The molecule has 0 aliphatic heterocycles. The Labute approximate surface area is 245 Å². The molecule has 0 spiro atoms. The number of furan rings is 1. The van der Waals surface area contributed by atoms with Gasteiger partial charge in [0.15, 0.2) is 11.5 Å². The number of hydrogen-bond donors (Lipinski definition) is 0. The van der Waals surface area contributed by atoms with E-state index in [0.717, 1.165) is 16.5 Å². The lowest BCUT2D eigenvalue weighted by Crippen LogP contribution is -2.05. The van der Waals surface area contributed by atoms with Crippen LogP contribution in [0.15, 0.2) is 71.3 Å². The predicted octanol–water partition coefficient (Wildman–Crippen LogP) is 6.24. The molecule has 0 amide bonds. The summed E-state index contributed by atoms with van der Waals surface area (Å²) in [5.74, 6) is 2.87. The monoisotopic (exact) mass is 585 g/mol. The molecule has 3 aromatic carbocycles. The Morgan fingerprint density at radius 1 is 0.881 bits per heavy atom. The van der Waals surface area contributed by atoms with Gasteiger partial charge in [-0.25, -0.2) is 9.50 Å². The lowest BCUT2D eigenvalue weighted by Gasteiger charge is -2.11. The first kappa shape index (κ1) is 27.2. The van der Waals surface area contributed by atoms with Gasteiger partial charge in [0.2, 0.25) is 4.96 Å². The Morgan fingerprint density at radius 3 is 2.33 bits per heavy atom. The minimum absolute atomic E-state index is 0.0431. The van der Waals surface area contributed by atoms with Crippen LogP contribution < -0.4 is 23.7 Å². The maximum absolute atomic E-state index is 13.1. The topological polar surface area (TPSA) is 107 Å². The summed E-state index contributed by atoms with van der Waals surface area (Å²) in [5, 5.41) is 5.64. The van der Waals surface area contributed by atoms with E-state index in [-0.39, 0.29) is 18.8 Å². The SMILES string of the molecule is COc1cc(OC)cc(C(=O)Cc2cccc(COc3cc(OC)cc4oc(-c5cn6nc(OC)sc6n5)cc34)c2)c1. The van der Waals surface area contributed by atoms with Crippen molar-refractivity contribution in [1.29, 1.82) is 0 Å². The van der Waals surface area contributed by atoms with E-state index in [1.165, 1.54) is 11.3 Å². The fourth-order valence-electron chi connectivity index (χ4n) is 4.58. The zero-order valence-corrected chi connectivity index (χ0v) is 24.2. The highest BCUT2D eigenvalue weighted by molar-refractivity contribution is 7.18. The fraction of sp³-hybridized carbons (Fsp3) is 0.194. The maximum atomic E-state index is 13.1. The molecule has 3 heterocycles. The van der Waals surface area contributed by atoms with Crippen LogP contribution in [-0.2, 0) is 13.0 Å². The zero-order chi connectivity index (χ0) is 29.2. The van der Waals surface area contributed by atoms with Crippen LogP contribution >= 0.6 is 11.3 Å².